The minimum absolute atomic E-state index is 0.00346. The Morgan fingerprint density at radius 1 is 1.29 bits per heavy atom. The largest absolute Gasteiger partial charge is 0.480 e. The van der Waals surface area contributed by atoms with Gasteiger partial charge in [-0.25, -0.2) is 4.79 Å². The summed E-state index contributed by atoms with van der Waals surface area (Å²) in [4.78, 5) is 24.1. The molecule has 1 fully saturated rings. The zero-order valence-electron chi connectivity index (χ0n) is 11.8. The topological polar surface area (TPSA) is 92.9 Å². The van der Waals surface area contributed by atoms with Gasteiger partial charge in [0.15, 0.2) is 0 Å². The molecule has 2 rings (SSSR count). The Morgan fingerprint density at radius 3 is 2.57 bits per heavy atom. The number of nitrogens with two attached hydrogens (primary N) is 1. The van der Waals surface area contributed by atoms with Crippen LogP contribution < -0.4 is 5.73 Å². The molecule has 114 valence electrons. The lowest BCUT2D eigenvalue weighted by Crippen LogP contribution is -2.37. The van der Waals surface area contributed by atoms with E-state index in [1.807, 2.05) is 12.1 Å². The molecule has 0 spiro atoms. The minimum atomic E-state index is -0.937. The summed E-state index contributed by atoms with van der Waals surface area (Å²) in [5.74, 6) is -1.35. The van der Waals surface area contributed by atoms with Crippen molar-refractivity contribution in [3.63, 3.8) is 0 Å². The molecule has 0 saturated carbocycles. The van der Waals surface area contributed by atoms with E-state index in [4.69, 9.17) is 15.6 Å². The lowest BCUT2D eigenvalue weighted by molar-refractivity contribution is -0.145. The molecule has 1 heterocycles. The molecule has 0 radical (unpaired) electrons. The van der Waals surface area contributed by atoms with Crippen LogP contribution in [0.25, 0.3) is 0 Å². The molecule has 6 nitrogen and oxygen atoms in total. The summed E-state index contributed by atoms with van der Waals surface area (Å²) in [7, 11) is 0. The van der Waals surface area contributed by atoms with Crippen molar-refractivity contribution in [2.24, 2.45) is 5.73 Å². The van der Waals surface area contributed by atoms with E-state index in [2.05, 4.69) is 4.90 Å². The van der Waals surface area contributed by atoms with Crippen LogP contribution in [0.15, 0.2) is 24.3 Å². The fourth-order valence-corrected chi connectivity index (χ4v) is 2.56. The van der Waals surface area contributed by atoms with Crippen LogP contribution in [0, 0.1) is 0 Å². The molecule has 0 bridgehead atoms. The maximum atomic E-state index is 11.4. The molecule has 0 unspecified atom stereocenters. The van der Waals surface area contributed by atoms with Crippen molar-refractivity contribution in [2.75, 3.05) is 19.7 Å². The molecule has 6 heteroatoms. The van der Waals surface area contributed by atoms with Crippen LogP contribution in [0.3, 0.4) is 0 Å². The van der Waals surface area contributed by atoms with E-state index in [0.29, 0.717) is 12.1 Å². The van der Waals surface area contributed by atoms with Gasteiger partial charge in [-0.2, -0.15) is 0 Å². The Kier molecular flexibility index (Phi) is 5.30. The predicted molar refractivity (Wildman–Crippen MR) is 76.8 cm³/mol. The van der Waals surface area contributed by atoms with Gasteiger partial charge in [0.25, 0.3) is 0 Å². The van der Waals surface area contributed by atoms with Crippen molar-refractivity contribution in [3.05, 3.63) is 35.4 Å². The number of aliphatic carboxylic acids is 1. The first-order chi connectivity index (χ1) is 10.1. The first-order valence-electron chi connectivity index (χ1n) is 6.99. The van der Waals surface area contributed by atoms with Crippen LogP contribution in [0.4, 0.5) is 0 Å². The normalized spacial score (nSPS) is 16.8. The van der Waals surface area contributed by atoms with Gasteiger partial charge in [-0.05, 0) is 24.5 Å². The summed E-state index contributed by atoms with van der Waals surface area (Å²) in [5, 5.41) is 8.59. The second-order valence-corrected chi connectivity index (χ2v) is 5.20. The molecular formula is C15H20N2O4. The number of hydrogen-bond acceptors (Lipinski definition) is 4. The molecule has 0 aromatic heterocycles. The number of nitrogens with zero attached hydrogens (tertiary/aromatic N) is 1. The first kappa shape index (κ1) is 15.5. The molecule has 1 aliphatic heterocycles. The Hall–Kier alpha value is -1.92. The standard InChI is InChI=1S/C15H20N2O4/c16-15(20)13-4-2-1-3-11(13)9-17-7-5-12(6-8-17)21-10-14(18)19/h1-4,12H,5-10H2,(H2,16,20)(H,18,19). The average Bonchev–Trinajstić information content (AvgIpc) is 2.47. The van der Waals surface area contributed by atoms with E-state index in [0.717, 1.165) is 31.5 Å². The third kappa shape index (κ3) is 4.54. The number of rotatable bonds is 6. The molecule has 3 N–H and O–H groups in total. The van der Waals surface area contributed by atoms with Crippen molar-refractivity contribution >= 4 is 11.9 Å². The van der Waals surface area contributed by atoms with E-state index in [-0.39, 0.29) is 12.7 Å². The Balaban J connectivity index is 1.86. The zero-order valence-corrected chi connectivity index (χ0v) is 11.8. The van der Waals surface area contributed by atoms with Crippen molar-refractivity contribution in [3.8, 4) is 0 Å². The van der Waals surface area contributed by atoms with E-state index in [1.165, 1.54) is 0 Å². The molecule has 1 aromatic rings. The fraction of sp³-hybridized carbons (Fsp3) is 0.467. The number of amides is 1. The molecular weight excluding hydrogens is 272 g/mol. The number of carbonyl (C=O) groups excluding carboxylic acids is 1. The number of carbonyl (C=O) groups is 2. The van der Waals surface area contributed by atoms with Gasteiger partial charge in [-0.3, -0.25) is 9.69 Å². The lowest BCUT2D eigenvalue weighted by atomic mass is 10.0. The van der Waals surface area contributed by atoms with Crippen LogP contribution in [0.5, 0.6) is 0 Å². The number of likely N-dealkylation sites (tertiary alicyclic amines) is 1. The van der Waals surface area contributed by atoms with Gasteiger partial charge in [0.2, 0.25) is 5.91 Å². The van der Waals surface area contributed by atoms with Gasteiger partial charge in [0, 0.05) is 25.2 Å². The quantitative estimate of drug-likeness (QED) is 0.811. The third-order valence-corrected chi connectivity index (χ3v) is 3.65. The van der Waals surface area contributed by atoms with Crippen LogP contribution in [-0.4, -0.2) is 47.7 Å². The highest BCUT2D eigenvalue weighted by atomic mass is 16.5. The summed E-state index contributed by atoms with van der Waals surface area (Å²) < 4.78 is 5.30. The Morgan fingerprint density at radius 2 is 1.95 bits per heavy atom. The van der Waals surface area contributed by atoms with E-state index in [9.17, 15) is 9.59 Å². The van der Waals surface area contributed by atoms with E-state index >= 15 is 0 Å². The second kappa shape index (κ2) is 7.19. The number of piperidine rings is 1. The third-order valence-electron chi connectivity index (χ3n) is 3.65. The zero-order chi connectivity index (χ0) is 15.2. The van der Waals surface area contributed by atoms with Crippen molar-refractivity contribution in [1.82, 2.24) is 4.90 Å². The summed E-state index contributed by atoms with van der Waals surface area (Å²) in [6.45, 7) is 2.06. The lowest BCUT2D eigenvalue weighted by Gasteiger charge is -2.31. The van der Waals surface area contributed by atoms with E-state index < -0.39 is 11.9 Å². The van der Waals surface area contributed by atoms with Crippen LogP contribution >= 0.6 is 0 Å². The van der Waals surface area contributed by atoms with Crippen LogP contribution in [-0.2, 0) is 16.1 Å². The number of carboxylic acids is 1. The molecule has 1 saturated heterocycles. The van der Waals surface area contributed by atoms with Gasteiger partial charge in [0.1, 0.15) is 6.61 Å². The highest BCUT2D eigenvalue weighted by molar-refractivity contribution is 5.94. The van der Waals surface area contributed by atoms with Crippen LogP contribution in [0.2, 0.25) is 0 Å². The van der Waals surface area contributed by atoms with Gasteiger partial charge in [-0.15, -0.1) is 0 Å². The van der Waals surface area contributed by atoms with Gasteiger partial charge in [0.05, 0.1) is 6.10 Å². The maximum Gasteiger partial charge on any atom is 0.329 e. The number of carboxylic acid groups (broad SMARTS) is 1. The smallest absolute Gasteiger partial charge is 0.329 e. The highest BCUT2D eigenvalue weighted by Crippen LogP contribution is 2.18. The summed E-state index contributed by atoms with van der Waals surface area (Å²) >= 11 is 0. The van der Waals surface area contributed by atoms with E-state index in [1.54, 1.807) is 12.1 Å². The number of primary amides is 1. The van der Waals surface area contributed by atoms with Gasteiger partial charge >= 0.3 is 5.97 Å². The fourth-order valence-electron chi connectivity index (χ4n) is 2.56. The average molecular weight is 292 g/mol. The summed E-state index contributed by atoms with van der Waals surface area (Å²) in [6, 6.07) is 7.34. The maximum absolute atomic E-state index is 11.4. The minimum Gasteiger partial charge on any atom is -0.480 e. The molecule has 1 aromatic carbocycles. The van der Waals surface area contributed by atoms with Crippen molar-refractivity contribution in [2.45, 2.75) is 25.5 Å². The molecule has 1 amide bonds. The highest BCUT2D eigenvalue weighted by Gasteiger charge is 2.21. The second-order valence-electron chi connectivity index (χ2n) is 5.20. The SMILES string of the molecule is NC(=O)c1ccccc1CN1CCC(OCC(=O)O)CC1. The van der Waals surface area contributed by atoms with Crippen molar-refractivity contribution in [1.29, 1.82) is 0 Å². The van der Waals surface area contributed by atoms with Gasteiger partial charge < -0.3 is 15.6 Å². The Labute approximate surface area is 123 Å². The molecule has 0 aliphatic carbocycles. The predicted octanol–water partition coefficient (Wildman–Crippen LogP) is 0.851. The summed E-state index contributed by atoms with van der Waals surface area (Å²) in [6.07, 6.45) is 1.60. The summed E-state index contributed by atoms with van der Waals surface area (Å²) in [5.41, 5.74) is 6.86. The van der Waals surface area contributed by atoms with Crippen LogP contribution in [0.1, 0.15) is 28.8 Å². The number of benzene rings is 1. The first-order valence-corrected chi connectivity index (χ1v) is 6.99. The number of hydrogen-bond donors (Lipinski definition) is 2. The molecule has 0 atom stereocenters. The monoisotopic (exact) mass is 292 g/mol. The molecule has 1 aliphatic rings. The Bertz CT molecular complexity index is 510. The van der Waals surface area contributed by atoms with Gasteiger partial charge in [-0.1, -0.05) is 18.2 Å². The molecule has 21 heavy (non-hydrogen) atoms. The van der Waals surface area contributed by atoms with Crippen molar-refractivity contribution < 1.29 is 19.4 Å². The number of ether oxygens (including phenoxy) is 1.